The van der Waals surface area contributed by atoms with Crippen LogP contribution in [0, 0.1) is 19.3 Å². The molecule has 1 aliphatic rings. The highest BCUT2D eigenvalue weighted by Crippen LogP contribution is 2.24. The summed E-state index contributed by atoms with van der Waals surface area (Å²) in [6.45, 7) is 11.3. The van der Waals surface area contributed by atoms with E-state index in [9.17, 15) is 0 Å². The van der Waals surface area contributed by atoms with Gasteiger partial charge in [-0.05, 0) is 26.5 Å². The molecule has 1 fully saturated rings. The number of nitrogens with one attached hydrogen (secondary N) is 1. The van der Waals surface area contributed by atoms with Crippen LogP contribution in [0.4, 0.5) is 5.69 Å². The highest BCUT2D eigenvalue weighted by molar-refractivity contribution is 6.01. The van der Waals surface area contributed by atoms with E-state index in [0.717, 1.165) is 55.4 Å². The molecule has 2 rings (SSSR count). The molecule has 1 aliphatic heterocycles. The quantitative estimate of drug-likeness (QED) is 0.632. The first kappa shape index (κ1) is 13.8. The van der Waals surface area contributed by atoms with Crippen molar-refractivity contribution in [3.05, 3.63) is 23.0 Å². The van der Waals surface area contributed by atoms with E-state index >= 15 is 0 Å². The second-order valence-electron chi connectivity index (χ2n) is 5.08. The second kappa shape index (κ2) is 5.57. The Labute approximate surface area is 114 Å². The number of nitrogen functional groups attached to an aromatic ring is 1. The Morgan fingerprint density at radius 1 is 1.32 bits per heavy atom. The Morgan fingerprint density at radius 3 is 2.47 bits per heavy atom. The third-order valence-electron chi connectivity index (χ3n) is 3.74. The van der Waals surface area contributed by atoms with Crippen molar-refractivity contribution >= 4 is 11.5 Å². The van der Waals surface area contributed by atoms with Gasteiger partial charge in [0.25, 0.3) is 0 Å². The summed E-state index contributed by atoms with van der Waals surface area (Å²) in [5.74, 6) is 0.109. The lowest BCUT2D eigenvalue weighted by atomic mass is 10.1. The standard InChI is InChI=1S/C14H23N5/c1-4-18-5-7-19(8-6-18)12-9-10(2)17-11(3)13(12)14(15)16/h9H,4-8H2,1-3H3,(H3,15,16). The normalized spacial score (nSPS) is 16.7. The average Bonchev–Trinajstić information content (AvgIpc) is 2.37. The summed E-state index contributed by atoms with van der Waals surface area (Å²) in [6.07, 6.45) is 0. The Morgan fingerprint density at radius 2 is 1.95 bits per heavy atom. The number of anilines is 1. The number of amidine groups is 1. The minimum atomic E-state index is 0.109. The number of aromatic nitrogens is 1. The van der Waals surface area contributed by atoms with Gasteiger partial charge in [-0.25, -0.2) is 0 Å². The largest absolute Gasteiger partial charge is 0.384 e. The molecule has 0 amide bonds. The minimum Gasteiger partial charge on any atom is -0.384 e. The topological polar surface area (TPSA) is 69.2 Å². The molecule has 1 aromatic heterocycles. The van der Waals surface area contributed by atoms with Crippen molar-refractivity contribution in [3.63, 3.8) is 0 Å². The van der Waals surface area contributed by atoms with Crippen molar-refractivity contribution in [2.45, 2.75) is 20.8 Å². The maximum atomic E-state index is 7.78. The van der Waals surface area contributed by atoms with Crippen molar-refractivity contribution in [1.29, 1.82) is 5.41 Å². The van der Waals surface area contributed by atoms with E-state index in [1.165, 1.54) is 0 Å². The van der Waals surface area contributed by atoms with Gasteiger partial charge < -0.3 is 15.5 Å². The molecule has 5 nitrogen and oxygen atoms in total. The molecule has 0 aromatic carbocycles. The van der Waals surface area contributed by atoms with E-state index in [4.69, 9.17) is 11.1 Å². The van der Waals surface area contributed by atoms with E-state index in [-0.39, 0.29) is 5.84 Å². The van der Waals surface area contributed by atoms with Crippen molar-refractivity contribution < 1.29 is 0 Å². The Balaban J connectivity index is 2.31. The van der Waals surface area contributed by atoms with E-state index in [1.54, 1.807) is 0 Å². The molecule has 0 atom stereocenters. The number of piperazine rings is 1. The summed E-state index contributed by atoms with van der Waals surface area (Å²) in [4.78, 5) is 9.18. The van der Waals surface area contributed by atoms with Gasteiger partial charge in [-0.1, -0.05) is 6.92 Å². The van der Waals surface area contributed by atoms with Crippen LogP contribution >= 0.6 is 0 Å². The summed E-state index contributed by atoms with van der Waals surface area (Å²) in [5.41, 5.74) is 9.41. The predicted octanol–water partition coefficient (Wildman–Crippen LogP) is 1.12. The van der Waals surface area contributed by atoms with E-state index < -0.39 is 0 Å². The molecule has 5 heteroatoms. The molecule has 104 valence electrons. The number of hydrogen-bond acceptors (Lipinski definition) is 4. The molecule has 3 N–H and O–H groups in total. The molecule has 19 heavy (non-hydrogen) atoms. The number of aryl methyl sites for hydroxylation is 2. The zero-order valence-electron chi connectivity index (χ0n) is 12.0. The van der Waals surface area contributed by atoms with Gasteiger partial charge >= 0.3 is 0 Å². The summed E-state index contributed by atoms with van der Waals surface area (Å²) in [6, 6.07) is 2.05. The van der Waals surface area contributed by atoms with Crippen LogP contribution in [0.3, 0.4) is 0 Å². The van der Waals surface area contributed by atoms with Crippen molar-refractivity contribution in [1.82, 2.24) is 9.88 Å². The van der Waals surface area contributed by atoms with Gasteiger partial charge in [0.05, 0.1) is 16.9 Å². The molecule has 0 spiro atoms. The van der Waals surface area contributed by atoms with Crippen LogP contribution in [0.25, 0.3) is 0 Å². The van der Waals surface area contributed by atoms with Crippen LogP contribution in [0.1, 0.15) is 23.9 Å². The highest BCUT2D eigenvalue weighted by Gasteiger charge is 2.21. The Kier molecular flexibility index (Phi) is 4.04. The third kappa shape index (κ3) is 2.87. The number of pyridine rings is 1. The SMILES string of the molecule is CCN1CCN(c2cc(C)nc(C)c2C(=N)N)CC1. The van der Waals surface area contributed by atoms with Crippen molar-refractivity contribution in [3.8, 4) is 0 Å². The van der Waals surface area contributed by atoms with Crippen LogP contribution in [-0.4, -0.2) is 48.4 Å². The van der Waals surface area contributed by atoms with Crippen LogP contribution in [0.2, 0.25) is 0 Å². The van der Waals surface area contributed by atoms with Gasteiger partial charge in [0.2, 0.25) is 0 Å². The van der Waals surface area contributed by atoms with E-state index in [2.05, 4.69) is 21.7 Å². The maximum absolute atomic E-state index is 7.78. The number of nitrogens with two attached hydrogens (primary N) is 1. The lowest BCUT2D eigenvalue weighted by Crippen LogP contribution is -2.46. The molecule has 0 aliphatic carbocycles. The number of likely N-dealkylation sites (N-methyl/N-ethyl adjacent to an activating group) is 1. The fourth-order valence-electron chi connectivity index (χ4n) is 2.70. The molecule has 0 unspecified atom stereocenters. The van der Waals surface area contributed by atoms with Crippen LogP contribution in [0.5, 0.6) is 0 Å². The Bertz CT molecular complexity index is 475. The minimum absolute atomic E-state index is 0.109. The third-order valence-corrected chi connectivity index (χ3v) is 3.74. The lowest BCUT2D eigenvalue weighted by Gasteiger charge is -2.36. The fraction of sp³-hybridized carbons (Fsp3) is 0.571. The van der Waals surface area contributed by atoms with Gasteiger partial charge in [0, 0.05) is 31.9 Å². The summed E-state index contributed by atoms with van der Waals surface area (Å²) in [5, 5.41) is 7.78. The van der Waals surface area contributed by atoms with Crippen molar-refractivity contribution in [2.75, 3.05) is 37.6 Å². The number of hydrogen-bond donors (Lipinski definition) is 2. The van der Waals surface area contributed by atoms with Gasteiger partial charge in [-0.3, -0.25) is 10.4 Å². The summed E-state index contributed by atoms with van der Waals surface area (Å²) < 4.78 is 0. The van der Waals surface area contributed by atoms with Gasteiger partial charge in [0.1, 0.15) is 5.84 Å². The first-order valence-corrected chi connectivity index (χ1v) is 6.83. The molecule has 1 saturated heterocycles. The predicted molar refractivity (Wildman–Crippen MR) is 79.1 cm³/mol. The summed E-state index contributed by atoms with van der Waals surface area (Å²) in [7, 11) is 0. The van der Waals surface area contributed by atoms with E-state index in [0.29, 0.717) is 0 Å². The zero-order valence-corrected chi connectivity index (χ0v) is 12.0. The fourth-order valence-corrected chi connectivity index (χ4v) is 2.70. The maximum Gasteiger partial charge on any atom is 0.126 e. The summed E-state index contributed by atoms with van der Waals surface area (Å²) >= 11 is 0. The van der Waals surface area contributed by atoms with Crippen LogP contribution in [0.15, 0.2) is 6.07 Å². The highest BCUT2D eigenvalue weighted by atomic mass is 15.3. The number of rotatable bonds is 3. The molecule has 1 aromatic rings. The lowest BCUT2D eigenvalue weighted by molar-refractivity contribution is 0.271. The van der Waals surface area contributed by atoms with Crippen LogP contribution in [-0.2, 0) is 0 Å². The van der Waals surface area contributed by atoms with Gasteiger partial charge in [-0.15, -0.1) is 0 Å². The molecule has 2 heterocycles. The molecule has 0 bridgehead atoms. The van der Waals surface area contributed by atoms with Crippen LogP contribution < -0.4 is 10.6 Å². The van der Waals surface area contributed by atoms with Gasteiger partial charge in [0.15, 0.2) is 0 Å². The molecule has 0 radical (unpaired) electrons. The number of nitrogens with zero attached hydrogens (tertiary/aromatic N) is 3. The Hall–Kier alpha value is -1.62. The first-order chi connectivity index (χ1) is 9.02. The average molecular weight is 261 g/mol. The first-order valence-electron chi connectivity index (χ1n) is 6.83. The molecular weight excluding hydrogens is 238 g/mol. The van der Waals surface area contributed by atoms with E-state index in [1.807, 2.05) is 19.9 Å². The molecular formula is C14H23N5. The second-order valence-corrected chi connectivity index (χ2v) is 5.08. The monoisotopic (exact) mass is 261 g/mol. The molecule has 0 saturated carbocycles. The smallest absolute Gasteiger partial charge is 0.126 e. The zero-order chi connectivity index (χ0) is 14.0. The van der Waals surface area contributed by atoms with Crippen molar-refractivity contribution in [2.24, 2.45) is 5.73 Å². The van der Waals surface area contributed by atoms with Gasteiger partial charge in [-0.2, -0.15) is 0 Å².